The Balaban J connectivity index is 1.78. The molecule has 0 bridgehead atoms. The average molecular weight is 334 g/mol. The van der Waals surface area contributed by atoms with Gasteiger partial charge in [-0.2, -0.15) is 10.5 Å². The summed E-state index contributed by atoms with van der Waals surface area (Å²) in [6.07, 6.45) is 1.66. The fourth-order valence-corrected chi connectivity index (χ4v) is 2.90. The zero-order chi connectivity index (χ0) is 17.8. The first kappa shape index (κ1) is 16.2. The van der Waals surface area contributed by atoms with Crippen LogP contribution in [0.15, 0.2) is 36.5 Å². The number of non-ortho nitro benzene ring substituents is 1. The number of benzene rings is 1. The smallest absolute Gasteiger partial charge is 0.270 e. The zero-order valence-corrected chi connectivity index (χ0v) is 13.3. The second-order valence-electron chi connectivity index (χ2n) is 5.53. The van der Waals surface area contributed by atoms with E-state index in [2.05, 4.69) is 11.1 Å². The van der Waals surface area contributed by atoms with Gasteiger partial charge in [-0.25, -0.2) is 4.98 Å². The van der Waals surface area contributed by atoms with Crippen LogP contribution in [-0.2, 0) is 0 Å². The van der Waals surface area contributed by atoms with E-state index in [0.29, 0.717) is 48.8 Å². The van der Waals surface area contributed by atoms with E-state index in [1.54, 1.807) is 24.4 Å². The summed E-state index contributed by atoms with van der Waals surface area (Å²) >= 11 is 0. The molecule has 124 valence electrons. The number of pyridine rings is 1. The van der Waals surface area contributed by atoms with E-state index >= 15 is 0 Å². The molecule has 0 spiro atoms. The van der Waals surface area contributed by atoms with E-state index in [-0.39, 0.29) is 5.69 Å². The summed E-state index contributed by atoms with van der Waals surface area (Å²) in [7, 11) is 0. The van der Waals surface area contributed by atoms with Crippen LogP contribution in [0, 0.1) is 32.8 Å². The minimum atomic E-state index is -0.507. The maximum absolute atomic E-state index is 10.9. The van der Waals surface area contributed by atoms with Gasteiger partial charge in [-0.1, -0.05) is 0 Å². The molecule has 0 N–H and O–H groups in total. The van der Waals surface area contributed by atoms with E-state index < -0.39 is 4.92 Å². The molecule has 0 saturated carbocycles. The van der Waals surface area contributed by atoms with Gasteiger partial charge in [-0.3, -0.25) is 10.1 Å². The minimum absolute atomic E-state index is 0.0916. The fraction of sp³-hybridized carbons (Fsp3) is 0.235. The van der Waals surface area contributed by atoms with Crippen LogP contribution in [-0.4, -0.2) is 36.1 Å². The topological polar surface area (TPSA) is 110 Å². The summed E-state index contributed by atoms with van der Waals surface area (Å²) in [6.45, 7) is 2.56. The molecule has 2 aromatic rings. The number of nitrogens with zero attached hydrogens (tertiary/aromatic N) is 6. The standard InChI is InChI=1S/C17H14N6O2/c18-11-13-2-1-5-20-17(13)22-8-6-21(7-9-22)16-4-3-15(23(24)25)10-14(16)12-19/h1-5,10H,6-9H2. The molecule has 8 heteroatoms. The molecule has 0 aliphatic carbocycles. The SMILES string of the molecule is N#Cc1cc([N+](=O)[O-])ccc1N1CCN(c2ncccc2C#N)CC1. The Bertz CT molecular complexity index is 891. The second kappa shape index (κ2) is 6.85. The highest BCUT2D eigenvalue weighted by molar-refractivity contribution is 5.64. The van der Waals surface area contributed by atoms with Crippen LogP contribution in [0.5, 0.6) is 0 Å². The quantitative estimate of drug-likeness (QED) is 0.624. The first-order valence-corrected chi connectivity index (χ1v) is 7.67. The van der Waals surface area contributed by atoms with Crippen molar-refractivity contribution in [1.82, 2.24) is 4.98 Å². The van der Waals surface area contributed by atoms with E-state index in [1.165, 1.54) is 12.1 Å². The van der Waals surface area contributed by atoms with Gasteiger partial charge >= 0.3 is 0 Å². The molecule has 3 rings (SSSR count). The van der Waals surface area contributed by atoms with E-state index in [0.717, 1.165) is 0 Å². The Morgan fingerprint density at radius 2 is 1.72 bits per heavy atom. The van der Waals surface area contributed by atoms with Gasteiger partial charge in [0.05, 0.1) is 21.7 Å². The predicted octanol–water partition coefficient (Wildman–Crippen LogP) is 2.06. The molecule has 8 nitrogen and oxygen atoms in total. The van der Waals surface area contributed by atoms with E-state index in [1.807, 2.05) is 15.9 Å². The Kier molecular flexibility index (Phi) is 4.44. The molecule has 1 fully saturated rings. The minimum Gasteiger partial charge on any atom is -0.367 e. The van der Waals surface area contributed by atoms with Crippen LogP contribution in [0.3, 0.4) is 0 Å². The van der Waals surface area contributed by atoms with Gasteiger partial charge in [0.2, 0.25) is 0 Å². The van der Waals surface area contributed by atoms with Crippen LogP contribution in [0.4, 0.5) is 17.2 Å². The third-order valence-corrected chi connectivity index (χ3v) is 4.14. The van der Waals surface area contributed by atoms with Gasteiger partial charge in [0.25, 0.3) is 5.69 Å². The Labute approximate surface area is 144 Å². The fourth-order valence-electron chi connectivity index (χ4n) is 2.90. The summed E-state index contributed by atoms with van der Waals surface area (Å²) in [5.41, 5.74) is 1.42. The van der Waals surface area contributed by atoms with Gasteiger partial charge < -0.3 is 9.80 Å². The summed E-state index contributed by atoms with van der Waals surface area (Å²) in [6, 6.07) is 12.0. The number of hydrogen-bond acceptors (Lipinski definition) is 7. The summed E-state index contributed by atoms with van der Waals surface area (Å²) < 4.78 is 0. The maximum atomic E-state index is 10.9. The molecule has 1 aromatic carbocycles. The largest absolute Gasteiger partial charge is 0.367 e. The number of anilines is 2. The summed E-state index contributed by atoms with van der Waals surface area (Å²) in [5.74, 6) is 0.661. The molecule has 0 radical (unpaired) electrons. The van der Waals surface area contributed by atoms with E-state index in [4.69, 9.17) is 0 Å². The van der Waals surface area contributed by atoms with Crippen molar-refractivity contribution in [1.29, 1.82) is 10.5 Å². The van der Waals surface area contributed by atoms with Crippen LogP contribution in [0.1, 0.15) is 11.1 Å². The Hall–Kier alpha value is -3.65. The number of nitriles is 2. The second-order valence-corrected chi connectivity index (χ2v) is 5.53. The number of nitro groups is 1. The molecule has 1 aliphatic rings. The molecule has 1 aliphatic heterocycles. The third-order valence-electron chi connectivity index (χ3n) is 4.14. The number of piperazine rings is 1. The molecule has 1 saturated heterocycles. The number of aromatic nitrogens is 1. The predicted molar refractivity (Wildman–Crippen MR) is 91.2 cm³/mol. The Morgan fingerprint density at radius 1 is 1.04 bits per heavy atom. The van der Waals surface area contributed by atoms with Crippen LogP contribution >= 0.6 is 0 Å². The first-order chi connectivity index (χ1) is 12.1. The normalized spacial score (nSPS) is 13.8. The molecule has 0 atom stereocenters. The molecule has 1 aromatic heterocycles. The highest BCUT2D eigenvalue weighted by Crippen LogP contribution is 2.27. The highest BCUT2D eigenvalue weighted by atomic mass is 16.6. The van der Waals surface area contributed by atoms with Gasteiger partial charge in [-0.15, -0.1) is 0 Å². The van der Waals surface area contributed by atoms with Crippen molar-refractivity contribution in [2.24, 2.45) is 0 Å². The van der Waals surface area contributed by atoms with Crippen LogP contribution < -0.4 is 9.80 Å². The van der Waals surface area contributed by atoms with Crippen molar-refractivity contribution in [3.05, 3.63) is 57.8 Å². The molecule has 25 heavy (non-hydrogen) atoms. The van der Waals surface area contributed by atoms with Crippen LogP contribution in [0.2, 0.25) is 0 Å². The molecular weight excluding hydrogens is 320 g/mol. The summed E-state index contributed by atoms with van der Waals surface area (Å²) in [4.78, 5) is 18.7. The lowest BCUT2D eigenvalue weighted by Gasteiger charge is -2.37. The van der Waals surface area contributed by atoms with Gasteiger partial charge in [0.15, 0.2) is 0 Å². The summed E-state index contributed by atoms with van der Waals surface area (Å²) in [5, 5.41) is 29.4. The lowest BCUT2D eigenvalue weighted by molar-refractivity contribution is -0.384. The van der Waals surface area contributed by atoms with Gasteiger partial charge in [-0.05, 0) is 18.2 Å². The maximum Gasteiger partial charge on any atom is 0.270 e. The van der Waals surface area contributed by atoms with Crippen molar-refractivity contribution < 1.29 is 4.92 Å². The lowest BCUT2D eigenvalue weighted by Crippen LogP contribution is -2.47. The van der Waals surface area contributed by atoms with Crippen molar-refractivity contribution in [3.8, 4) is 12.1 Å². The van der Waals surface area contributed by atoms with Crippen LogP contribution in [0.25, 0.3) is 0 Å². The number of rotatable bonds is 3. The van der Waals surface area contributed by atoms with E-state index in [9.17, 15) is 20.6 Å². The molecule has 0 amide bonds. The number of hydrogen-bond donors (Lipinski definition) is 0. The molecular formula is C17H14N6O2. The Morgan fingerprint density at radius 3 is 2.36 bits per heavy atom. The average Bonchev–Trinajstić information content (AvgIpc) is 2.67. The molecule has 0 unspecified atom stereocenters. The zero-order valence-electron chi connectivity index (χ0n) is 13.3. The number of nitro benzene ring substituents is 1. The lowest BCUT2D eigenvalue weighted by atomic mass is 10.1. The van der Waals surface area contributed by atoms with Crippen molar-refractivity contribution >= 4 is 17.2 Å². The van der Waals surface area contributed by atoms with Gasteiger partial charge in [0, 0.05) is 44.5 Å². The third kappa shape index (κ3) is 3.19. The monoisotopic (exact) mass is 334 g/mol. The molecule has 2 heterocycles. The van der Waals surface area contributed by atoms with Crippen molar-refractivity contribution in [2.75, 3.05) is 36.0 Å². The highest BCUT2D eigenvalue weighted by Gasteiger charge is 2.23. The van der Waals surface area contributed by atoms with Gasteiger partial charge in [0.1, 0.15) is 18.0 Å². The van der Waals surface area contributed by atoms with Crippen molar-refractivity contribution in [2.45, 2.75) is 0 Å². The van der Waals surface area contributed by atoms with Crippen molar-refractivity contribution in [3.63, 3.8) is 0 Å². The first-order valence-electron chi connectivity index (χ1n) is 7.67.